The van der Waals surface area contributed by atoms with E-state index in [1.165, 1.54) is 7.11 Å². The summed E-state index contributed by atoms with van der Waals surface area (Å²) in [5, 5.41) is 6.30. The van der Waals surface area contributed by atoms with Gasteiger partial charge in [-0.3, -0.25) is 14.4 Å². The lowest BCUT2D eigenvalue weighted by molar-refractivity contribution is -0.149. The monoisotopic (exact) mass is 612 g/mol. The molecule has 2 N–H and O–H groups in total. The Morgan fingerprint density at radius 2 is 1.59 bits per heavy atom. The Morgan fingerprint density at radius 1 is 1.02 bits per heavy atom. The fraction of sp³-hybridized carbons (Fsp3) is 0.657. The molecule has 44 heavy (non-hydrogen) atoms. The molecule has 0 spiro atoms. The molecule has 2 rings (SSSR count). The molecule has 1 aromatic carbocycles. The van der Waals surface area contributed by atoms with E-state index in [2.05, 4.69) is 28.8 Å². The van der Waals surface area contributed by atoms with Crippen molar-refractivity contribution < 1.29 is 23.9 Å². The van der Waals surface area contributed by atoms with Gasteiger partial charge in [0.1, 0.15) is 12.1 Å². The molecule has 3 amide bonds. The highest BCUT2D eigenvalue weighted by Gasteiger charge is 2.42. The van der Waals surface area contributed by atoms with Gasteiger partial charge in [-0.1, -0.05) is 83.9 Å². The number of carbonyl (C=O) groups excluding carboxylic acids is 4. The lowest BCUT2D eigenvalue weighted by atomic mass is 9.76. The Morgan fingerprint density at radius 3 is 2.07 bits per heavy atom. The number of ether oxygens (including phenoxy) is 1. The van der Waals surface area contributed by atoms with E-state index in [1.54, 1.807) is 36.9 Å². The smallest absolute Gasteiger partial charge is 0.328 e. The number of nitrogens with zero attached hydrogens (tertiary/aromatic N) is 2. The van der Waals surface area contributed by atoms with Gasteiger partial charge in [-0.25, -0.2) is 4.79 Å². The summed E-state index contributed by atoms with van der Waals surface area (Å²) in [6, 6.07) is 3.87. The Kier molecular flexibility index (Phi) is 12.4. The second kappa shape index (κ2) is 14.7. The van der Waals surface area contributed by atoms with Gasteiger partial charge in [0.25, 0.3) is 0 Å². The molecule has 0 unspecified atom stereocenters. The second-order valence-corrected chi connectivity index (χ2v) is 14.3. The molecule has 1 fully saturated rings. The van der Waals surface area contributed by atoms with Gasteiger partial charge >= 0.3 is 5.97 Å². The zero-order valence-electron chi connectivity index (χ0n) is 29.3. The van der Waals surface area contributed by atoms with Crippen LogP contribution in [0.15, 0.2) is 29.8 Å². The summed E-state index contributed by atoms with van der Waals surface area (Å²) in [7, 11) is 4.81. The summed E-state index contributed by atoms with van der Waals surface area (Å²) in [6.07, 6.45) is 3.10. The molecule has 9 nitrogen and oxygen atoms in total. The number of rotatable bonds is 11. The van der Waals surface area contributed by atoms with Crippen LogP contribution < -0.4 is 10.6 Å². The molecule has 0 aliphatic carbocycles. The van der Waals surface area contributed by atoms with Crippen LogP contribution in [-0.4, -0.2) is 85.4 Å². The van der Waals surface area contributed by atoms with E-state index in [0.29, 0.717) is 18.5 Å². The Balaban J connectivity index is 2.37. The van der Waals surface area contributed by atoms with Crippen LogP contribution in [0, 0.1) is 25.2 Å². The van der Waals surface area contributed by atoms with Gasteiger partial charge in [0.15, 0.2) is 0 Å². The third-order valence-corrected chi connectivity index (χ3v) is 8.86. The van der Waals surface area contributed by atoms with Crippen LogP contribution in [0.4, 0.5) is 0 Å². The molecule has 1 aliphatic rings. The first kappa shape index (κ1) is 37.0. The predicted molar refractivity (Wildman–Crippen MR) is 175 cm³/mol. The van der Waals surface area contributed by atoms with E-state index in [1.807, 2.05) is 62.3 Å². The number of likely N-dealkylation sites (tertiary alicyclic amines) is 1. The zero-order valence-corrected chi connectivity index (χ0v) is 29.3. The molecular weight excluding hydrogens is 556 g/mol. The second-order valence-electron chi connectivity index (χ2n) is 14.3. The molecule has 0 saturated carbocycles. The Labute approximate surface area is 265 Å². The van der Waals surface area contributed by atoms with Crippen molar-refractivity contribution in [1.29, 1.82) is 0 Å². The number of amides is 3. The number of esters is 1. The van der Waals surface area contributed by atoms with E-state index in [0.717, 1.165) is 23.1 Å². The number of carbonyl (C=O) groups is 4. The lowest BCUT2D eigenvalue weighted by Gasteiger charge is -2.40. The SMILES string of the molecule is CN[C@H](C(=O)N[C@H](C(=O)N(C)[C@H](/C=C(\C)C(=O)N1CCC[C@H]1C(=O)OC)C(C)C)C(C)(C)C)C(C)(C)c1cc(C)cc(C)c1. The topological polar surface area (TPSA) is 108 Å². The molecule has 1 saturated heterocycles. The van der Waals surface area contributed by atoms with E-state index in [9.17, 15) is 19.2 Å². The number of aryl methyl sites for hydroxylation is 2. The minimum Gasteiger partial charge on any atom is -0.467 e. The highest BCUT2D eigenvalue weighted by atomic mass is 16.5. The van der Waals surface area contributed by atoms with Gasteiger partial charge in [0, 0.05) is 24.6 Å². The van der Waals surface area contributed by atoms with Gasteiger partial charge in [-0.15, -0.1) is 0 Å². The molecule has 4 atom stereocenters. The van der Waals surface area contributed by atoms with Crippen LogP contribution in [0.2, 0.25) is 0 Å². The molecular formula is C35H56N4O5. The highest BCUT2D eigenvalue weighted by molar-refractivity contribution is 5.96. The number of benzene rings is 1. The minimum atomic E-state index is -0.821. The first-order chi connectivity index (χ1) is 20.3. The van der Waals surface area contributed by atoms with Crippen molar-refractivity contribution in [1.82, 2.24) is 20.4 Å². The summed E-state index contributed by atoms with van der Waals surface area (Å²) in [6.45, 7) is 20.1. The van der Waals surface area contributed by atoms with Crippen LogP contribution in [0.25, 0.3) is 0 Å². The van der Waals surface area contributed by atoms with E-state index < -0.39 is 41.0 Å². The van der Waals surface area contributed by atoms with E-state index in [-0.39, 0.29) is 23.6 Å². The average Bonchev–Trinajstić information content (AvgIpc) is 3.41. The lowest BCUT2D eigenvalue weighted by Crippen LogP contribution is -2.61. The van der Waals surface area contributed by atoms with Crippen molar-refractivity contribution in [2.24, 2.45) is 11.3 Å². The Hall–Kier alpha value is -3.20. The van der Waals surface area contributed by atoms with Crippen LogP contribution in [0.1, 0.15) is 84.9 Å². The van der Waals surface area contributed by atoms with Crippen LogP contribution >= 0.6 is 0 Å². The number of methoxy groups -OCH3 is 1. The van der Waals surface area contributed by atoms with Gasteiger partial charge in [0.2, 0.25) is 17.7 Å². The molecule has 246 valence electrons. The van der Waals surface area contributed by atoms with Gasteiger partial charge < -0.3 is 25.2 Å². The largest absolute Gasteiger partial charge is 0.467 e. The molecule has 0 radical (unpaired) electrons. The van der Waals surface area contributed by atoms with Gasteiger partial charge in [-0.05, 0) is 57.6 Å². The van der Waals surface area contributed by atoms with Crippen molar-refractivity contribution in [3.63, 3.8) is 0 Å². The van der Waals surface area contributed by atoms with Crippen molar-refractivity contribution >= 4 is 23.7 Å². The standard InChI is InChI=1S/C35H56N4O5/c1-21(2)27(20-24(5)31(41)39-16-14-15-26(39)33(43)44-13)38(12)32(42)29(34(6,7)8)37-30(40)28(36-11)35(9,10)25-18-22(3)17-23(4)19-25/h17-21,26-29,36H,14-16H2,1-13H3,(H,37,40)/b24-20+/t26-,27+,28+,29+/m0/s1. The Bertz CT molecular complexity index is 1230. The molecule has 1 aliphatic heterocycles. The summed E-state index contributed by atoms with van der Waals surface area (Å²) in [5.41, 5.74) is 2.59. The van der Waals surface area contributed by atoms with Crippen molar-refractivity contribution in [3.8, 4) is 0 Å². The minimum absolute atomic E-state index is 0.0217. The van der Waals surface area contributed by atoms with E-state index in [4.69, 9.17) is 4.74 Å². The fourth-order valence-corrected chi connectivity index (χ4v) is 6.25. The van der Waals surface area contributed by atoms with Gasteiger partial charge in [-0.2, -0.15) is 0 Å². The quantitative estimate of drug-likeness (QED) is 0.285. The normalized spacial score (nSPS) is 18.1. The molecule has 0 aromatic heterocycles. The maximum absolute atomic E-state index is 14.2. The number of hydrogen-bond donors (Lipinski definition) is 2. The molecule has 1 aromatic rings. The number of hydrogen-bond acceptors (Lipinski definition) is 6. The molecule has 0 bridgehead atoms. The van der Waals surface area contributed by atoms with Crippen LogP contribution in [0.3, 0.4) is 0 Å². The first-order valence-corrected chi connectivity index (χ1v) is 15.7. The van der Waals surface area contributed by atoms with Gasteiger partial charge in [0.05, 0.1) is 19.2 Å². The highest BCUT2D eigenvalue weighted by Crippen LogP contribution is 2.31. The number of likely N-dealkylation sites (N-methyl/N-ethyl adjacent to an activating group) is 2. The first-order valence-electron chi connectivity index (χ1n) is 15.7. The third-order valence-electron chi connectivity index (χ3n) is 8.86. The van der Waals surface area contributed by atoms with Crippen molar-refractivity contribution in [3.05, 3.63) is 46.5 Å². The van der Waals surface area contributed by atoms with Crippen LogP contribution in [-0.2, 0) is 29.3 Å². The zero-order chi connectivity index (χ0) is 33.7. The predicted octanol–water partition coefficient (Wildman–Crippen LogP) is 4.29. The number of nitrogens with one attached hydrogen (secondary N) is 2. The molecule has 1 heterocycles. The van der Waals surface area contributed by atoms with E-state index >= 15 is 0 Å². The summed E-state index contributed by atoms with van der Waals surface area (Å²) in [4.78, 5) is 57.0. The van der Waals surface area contributed by atoms with Crippen molar-refractivity contribution in [2.45, 2.75) is 112 Å². The summed E-state index contributed by atoms with van der Waals surface area (Å²) in [5.74, 6) is -1.18. The summed E-state index contributed by atoms with van der Waals surface area (Å²) >= 11 is 0. The fourth-order valence-electron chi connectivity index (χ4n) is 6.25. The maximum atomic E-state index is 14.2. The summed E-state index contributed by atoms with van der Waals surface area (Å²) < 4.78 is 4.91. The molecule has 9 heteroatoms. The average molecular weight is 613 g/mol. The third kappa shape index (κ3) is 8.49. The van der Waals surface area contributed by atoms with Crippen molar-refractivity contribution in [2.75, 3.05) is 27.7 Å². The maximum Gasteiger partial charge on any atom is 0.328 e. The van der Waals surface area contributed by atoms with Crippen LogP contribution in [0.5, 0.6) is 0 Å².